The quantitative estimate of drug-likeness (QED) is 0.150. The normalized spacial score (nSPS) is 15.2. The number of thiazole rings is 2. The number of carbonyl (C=O) groups is 2. The van der Waals surface area contributed by atoms with Crippen LogP contribution in [0.3, 0.4) is 0 Å². The number of amides is 1. The number of aromatic nitrogens is 2. The monoisotopic (exact) mass is 593 g/mol. The van der Waals surface area contributed by atoms with Crippen molar-refractivity contribution in [3.63, 3.8) is 0 Å². The Morgan fingerprint density at radius 2 is 1.83 bits per heavy atom. The van der Waals surface area contributed by atoms with Gasteiger partial charge in [-0.3, -0.25) is 14.5 Å². The maximum absolute atomic E-state index is 14.0. The van der Waals surface area contributed by atoms with Crippen LogP contribution in [0.15, 0.2) is 47.7 Å². The number of nitrogens with zero attached hydrogens (tertiary/aromatic N) is 3. The fraction of sp³-hybridized carbons (Fsp3) is 0.333. The zero-order chi connectivity index (χ0) is 29.3. The van der Waals surface area contributed by atoms with Crippen LogP contribution in [0.4, 0.5) is 5.13 Å². The number of hydrogen-bond acceptors (Lipinski definition) is 10. The first-order chi connectivity index (χ1) is 19.8. The van der Waals surface area contributed by atoms with Gasteiger partial charge in [-0.15, -0.1) is 11.3 Å². The predicted molar refractivity (Wildman–Crippen MR) is 160 cm³/mol. The number of aliphatic hydroxyl groups is 1. The molecule has 1 amide bonds. The summed E-state index contributed by atoms with van der Waals surface area (Å²) in [6.07, 6.45) is 3.05. The van der Waals surface area contributed by atoms with Crippen LogP contribution in [0.2, 0.25) is 0 Å². The molecule has 0 bridgehead atoms. The van der Waals surface area contributed by atoms with Crippen LogP contribution in [0.25, 0.3) is 10.2 Å². The first-order valence-electron chi connectivity index (χ1n) is 13.3. The summed E-state index contributed by atoms with van der Waals surface area (Å²) in [6.45, 7) is 6.22. The largest absolute Gasteiger partial charge is 0.503 e. The van der Waals surface area contributed by atoms with E-state index in [1.807, 2.05) is 13.0 Å². The second-order valence-corrected chi connectivity index (χ2v) is 11.8. The summed E-state index contributed by atoms with van der Waals surface area (Å²) in [7, 11) is 3.12. The van der Waals surface area contributed by atoms with Crippen LogP contribution >= 0.6 is 22.7 Å². The number of carbonyl (C=O) groups excluding carboxylic acids is 2. The van der Waals surface area contributed by atoms with Gasteiger partial charge in [0.1, 0.15) is 5.75 Å². The number of rotatable bonds is 11. The van der Waals surface area contributed by atoms with E-state index in [9.17, 15) is 14.7 Å². The Balaban J connectivity index is 1.62. The van der Waals surface area contributed by atoms with Gasteiger partial charge in [0, 0.05) is 0 Å². The first kappa shape index (κ1) is 28.6. The van der Waals surface area contributed by atoms with Gasteiger partial charge in [-0.1, -0.05) is 37.2 Å². The Morgan fingerprint density at radius 1 is 1.02 bits per heavy atom. The molecule has 9 nitrogen and oxygen atoms in total. The molecule has 0 fully saturated rings. The number of Topliss-reactive ketones (excluding diaryl/α,β-unsaturated/α-hetero) is 1. The standard InChI is InChI=1S/C30H31N3O6S2/c1-6-7-8-13-39-21-12-9-18(14-22(21)38-5)25-24(26(34)28-16(2)31-17(3)40-28)27(35)29(36)33(25)30-32-20-11-10-19(37-4)15-23(20)41-30/h9-12,14-15,25,35H,6-8,13H2,1-5H3. The molecule has 0 aliphatic carbocycles. The molecule has 4 aromatic rings. The average molecular weight is 594 g/mol. The van der Waals surface area contributed by atoms with Crippen LogP contribution in [-0.4, -0.2) is 47.6 Å². The van der Waals surface area contributed by atoms with Gasteiger partial charge in [0.05, 0.1) is 58.2 Å². The third kappa shape index (κ3) is 5.39. The van der Waals surface area contributed by atoms with Crippen molar-refractivity contribution in [2.75, 3.05) is 25.7 Å². The molecular weight excluding hydrogens is 562 g/mol. The van der Waals surface area contributed by atoms with E-state index in [-0.39, 0.29) is 5.57 Å². The molecular formula is C30H31N3O6S2. The molecule has 5 rings (SSSR count). The highest BCUT2D eigenvalue weighted by Crippen LogP contribution is 2.46. The van der Waals surface area contributed by atoms with Crippen molar-refractivity contribution < 1.29 is 28.9 Å². The lowest BCUT2D eigenvalue weighted by Gasteiger charge is -2.25. The second kappa shape index (κ2) is 11.9. The fourth-order valence-corrected chi connectivity index (χ4v) is 6.74. The van der Waals surface area contributed by atoms with Crippen molar-refractivity contribution in [1.82, 2.24) is 9.97 Å². The summed E-state index contributed by atoms with van der Waals surface area (Å²) in [5, 5.41) is 12.3. The summed E-state index contributed by atoms with van der Waals surface area (Å²) in [4.78, 5) is 38.5. The maximum atomic E-state index is 14.0. The number of aryl methyl sites for hydroxylation is 2. The van der Waals surface area contributed by atoms with Crippen LogP contribution < -0.4 is 19.1 Å². The Bertz CT molecular complexity index is 1660. The lowest BCUT2D eigenvalue weighted by atomic mass is 9.95. The van der Waals surface area contributed by atoms with Crippen molar-refractivity contribution in [3.05, 3.63) is 68.9 Å². The van der Waals surface area contributed by atoms with Gasteiger partial charge in [-0.05, 0) is 56.2 Å². The van der Waals surface area contributed by atoms with Crippen LogP contribution in [0.5, 0.6) is 17.2 Å². The van der Waals surface area contributed by atoms with Gasteiger partial charge in [-0.25, -0.2) is 9.97 Å². The zero-order valence-corrected chi connectivity index (χ0v) is 25.1. The van der Waals surface area contributed by atoms with Gasteiger partial charge in [0.25, 0.3) is 5.91 Å². The molecule has 11 heteroatoms. The van der Waals surface area contributed by atoms with E-state index in [0.29, 0.717) is 50.6 Å². The average Bonchev–Trinajstić information content (AvgIpc) is 3.62. The van der Waals surface area contributed by atoms with Crippen LogP contribution in [0, 0.1) is 13.8 Å². The predicted octanol–water partition coefficient (Wildman–Crippen LogP) is 6.74. The molecule has 0 saturated carbocycles. The lowest BCUT2D eigenvalue weighted by molar-refractivity contribution is -0.117. The summed E-state index contributed by atoms with van der Waals surface area (Å²) < 4.78 is 17.8. The molecule has 2 aromatic heterocycles. The lowest BCUT2D eigenvalue weighted by Crippen LogP contribution is -2.31. The van der Waals surface area contributed by atoms with Crippen molar-refractivity contribution in [2.45, 2.75) is 46.1 Å². The van der Waals surface area contributed by atoms with E-state index in [1.54, 1.807) is 51.5 Å². The van der Waals surface area contributed by atoms with E-state index in [2.05, 4.69) is 11.9 Å². The summed E-state index contributed by atoms with van der Waals surface area (Å²) in [6, 6.07) is 9.78. The molecule has 214 valence electrons. The molecule has 0 saturated heterocycles. The molecule has 0 radical (unpaired) electrons. The van der Waals surface area contributed by atoms with E-state index in [1.165, 1.54) is 27.6 Å². The van der Waals surface area contributed by atoms with Gasteiger partial charge in [0.2, 0.25) is 5.78 Å². The van der Waals surface area contributed by atoms with E-state index in [0.717, 1.165) is 29.0 Å². The minimum Gasteiger partial charge on any atom is -0.503 e. The van der Waals surface area contributed by atoms with Crippen molar-refractivity contribution in [3.8, 4) is 17.2 Å². The molecule has 0 spiro atoms. The highest BCUT2D eigenvalue weighted by Gasteiger charge is 2.46. The van der Waals surface area contributed by atoms with Gasteiger partial charge < -0.3 is 19.3 Å². The number of benzene rings is 2. The summed E-state index contributed by atoms with van der Waals surface area (Å²) in [5.41, 5.74) is 1.75. The number of hydrogen-bond donors (Lipinski definition) is 1. The number of ether oxygens (including phenoxy) is 3. The fourth-order valence-electron chi connectivity index (χ4n) is 4.84. The third-order valence-corrected chi connectivity index (χ3v) is 8.95. The summed E-state index contributed by atoms with van der Waals surface area (Å²) >= 11 is 2.50. The topological polar surface area (TPSA) is 111 Å². The molecule has 1 atom stereocenters. The van der Waals surface area contributed by atoms with Crippen LogP contribution in [0.1, 0.15) is 58.2 Å². The second-order valence-electron chi connectivity index (χ2n) is 9.61. The molecule has 1 unspecified atom stereocenters. The van der Waals surface area contributed by atoms with Crippen LogP contribution in [-0.2, 0) is 4.79 Å². The van der Waals surface area contributed by atoms with Gasteiger partial charge >= 0.3 is 0 Å². The number of methoxy groups -OCH3 is 2. The summed E-state index contributed by atoms with van der Waals surface area (Å²) in [5.74, 6) is -0.0887. The number of fused-ring (bicyclic) bond motifs is 1. The Labute approximate surface area is 246 Å². The number of anilines is 1. The highest BCUT2D eigenvalue weighted by molar-refractivity contribution is 7.22. The molecule has 3 heterocycles. The Hall–Kier alpha value is -3.96. The Morgan fingerprint density at radius 3 is 2.51 bits per heavy atom. The van der Waals surface area contributed by atoms with E-state index >= 15 is 0 Å². The zero-order valence-electron chi connectivity index (χ0n) is 23.5. The van der Waals surface area contributed by atoms with Crippen molar-refractivity contribution in [2.24, 2.45) is 0 Å². The number of aliphatic hydroxyl groups excluding tert-OH is 1. The first-order valence-corrected chi connectivity index (χ1v) is 14.9. The molecule has 2 aromatic carbocycles. The molecule has 1 aliphatic heterocycles. The Kier molecular flexibility index (Phi) is 8.27. The molecule has 1 N–H and O–H groups in total. The highest BCUT2D eigenvalue weighted by atomic mass is 32.1. The maximum Gasteiger partial charge on any atom is 0.296 e. The minimum atomic E-state index is -0.956. The minimum absolute atomic E-state index is 0.0303. The van der Waals surface area contributed by atoms with E-state index in [4.69, 9.17) is 19.2 Å². The van der Waals surface area contributed by atoms with Gasteiger partial charge in [0.15, 0.2) is 22.4 Å². The molecule has 1 aliphatic rings. The van der Waals surface area contributed by atoms with E-state index < -0.39 is 23.5 Å². The third-order valence-electron chi connectivity index (χ3n) is 6.86. The SMILES string of the molecule is CCCCCOc1ccc(C2C(C(=O)c3sc(C)nc3C)=C(O)C(=O)N2c2nc3ccc(OC)cc3s2)cc1OC. The van der Waals surface area contributed by atoms with Gasteiger partial charge in [-0.2, -0.15) is 0 Å². The molecule has 41 heavy (non-hydrogen) atoms. The number of unbranched alkanes of at least 4 members (excludes halogenated alkanes) is 2. The van der Waals surface area contributed by atoms with Crippen molar-refractivity contribution in [1.29, 1.82) is 0 Å². The smallest absolute Gasteiger partial charge is 0.296 e. The number of ketones is 1. The van der Waals surface area contributed by atoms with Crippen molar-refractivity contribution >= 4 is 49.7 Å².